The van der Waals surface area contributed by atoms with Crippen LogP contribution in [0.3, 0.4) is 0 Å². The van der Waals surface area contributed by atoms with Crippen molar-refractivity contribution in [2.75, 3.05) is 13.2 Å². The highest BCUT2D eigenvalue weighted by molar-refractivity contribution is 9.09. The summed E-state index contributed by atoms with van der Waals surface area (Å²) >= 11 is 1.65. The molecule has 57 heavy (non-hydrogen) atoms. The van der Waals surface area contributed by atoms with Gasteiger partial charge in [-0.1, -0.05) is 46.3 Å². The minimum atomic E-state index is -8.80. The zero-order chi connectivity index (χ0) is 43.9. The molecule has 7 atom stereocenters. The minimum absolute atomic E-state index is 0.137. The average Bonchev–Trinajstić information content (AvgIpc) is 3.58. The van der Waals surface area contributed by atoms with Gasteiger partial charge in [-0.25, -0.2) is 4.57 Å². The topological polar surface area (TPSA) is 90.9 Å². The molecule has 0 saturated carbocycles. The van der Waals surface area contributed by atoms with Gasteiger partial charge in [0.25, 0.3) is 0 Å². The van der Waals surface area contributed by atoms with Gasteiger partial charge in [-0.15, -0.1) is 0 Å². The Kier molecular flexibility index (Phi) is 12.7. The second-order valence-corrected chi connectivity index (χ2v) is 16.3. The molecule has 3 heterocycles. The Morgan fingerprint density at radius 1 is 0.632 bits per heavy atom. The minimum Gasteiger partial charge on any atom is -0.342 e. The Hall–Kier alpha value is -1.58. The van der Waals surface area contributed by atoms with E-state index in [1.54, 1.807) is 15.9 Å². The summed E-state index contributed by atoms with van der Waals surface area (Å²) in [5.74, 6) is -60.6. The zero-order valence-electron chi connectivity index (χ0n) is 28.9. The predicted molar refractivity (Wildman–Crippen MR) is 157 cm³/mol. The molecule has 0 aliphatic carbocycles. The molecule has 9 nitrogen and oxygen atoms in total. The molecule has 330 valence electrons. The van der Waals surface area contributed by atoms with Crippen LogP contribution in [0.25, 0.3) is 0 Å². The number of halogens is 18. The van der Waals surface area contributed by atoms with Crippen molar-refractivity contribution in [3.8, 4) is 0 Å². The second-order valence-electron chi connectivity index (χ2n) is 13.5. The molecule has 0 N–H and O–H groups in total. The van der Waals surface area contributed by atoms with Crippen molar-refractivity contribution < 1.29 is 116 Å². The standard InChI is InChI=1S/C29H29BrF17O9P/c1-20(2)53-16-14(52-19-18(17(16)54-20)55-21(3,4)56-19)11-50-57(48,49-10-13-8-6-5-7-9-13)51-12-15(30)22(31,32)23(33,34)24(35,36)25(37,38)26(39,40)27(41,42)28(43,44)29(45,46)47/h5-9,14-19H,10-12H2,1-4H3/t14-,15?,16+,17+,18-,19-,57?/m1/s1. The van der Waals surface area contributed by atoms with Gasteiger partial charge >= 0.3 is 55.5 Å². The van der Waals surface area contributed by atoms with Gasteiger partial charge in [-0.2, -0.15) is 74.6 Å². The molecule has 3 saturated heterocycles. The van der Waals surface area contributed by atoms with Gasteiger partial charge in [0.2, 0.25) is 0 Å². The van der Waals surface area contributed by atoms with Crippen LogP contribution >= 0.6 is 23.8 Å². The highest BCUT2D eigenvalue weighted by Crippen LogP contribution is 2.65. The molecular weight excluding hydrogens is 926 g/mol. The fourth-order valence-corrected chi connectivity index (χ4v) is 7.28. The van der Waals surface area contributed by atoms with E-state index in [4.69, 9.17) is 32.7 Å². The summed E-state index contributed by atoms with van der Waals surface area (Å²) in [6.07, 6.45) is -13.6. The van der Waals surface area contributed by atoms with Crippen molar-refractivity contribution in [2.45, 2.75) is 129 Å². The van der Waals surface area contributed by atoms with Crippen LogP contribution in [-0.4, -0.2) is 108 Å². The van der Waals surface area contributed by atoms with Crippen molar-refractivity contribution in [1.82, 2.24) is 0 Å². The van der Waals surface area contributed by atoms with Crippen molar-refractivity contribution in [1.29, 1.82) is 0 Å². The Labute approximate surface area is 318 Å². The van der Waals surface area contributed by atoms with Gasteiger partial charge < -0.3 is 23.7 Å². The van der Waals surface area contributed by atoms with Crippen molar-refractivity contribution in [2.24, 2.45) is 0 Å². The van der Waals surface area contributed by atoms with E-state index < -0.39 is 122 Å². The van der Waals surface area contributed by atoms with E-state index >= 15 is 0 Å². The summed E-state index contributed by atoms with van der Waals surface area (Å²) in [5.41, 5.74) is 0.137. The van der Waals surface area contributed by atoms with E-state index in [2.05, 4.69) is 4.52 Å². The first kappa shape index (κ1) is 48.1. The summed E-state index contributed by atoms with van der Waals surface area (Å²) in [7, 11) is -5.51. The van der Waals surface area contributed by atoms with Gasteiger partial charge in [-0.3, -0.25) is 13.6 Å². The van der Waals surface area contributed by atoms with Crippen LogP contribution in [0.15, 0.2) is 30.3 Å². The highest BCUT2D eigenvalue weighted by atomic mass is 79.9. The van der Waals surface area contributed by atoms with Gasteiger partial charge in [0.15, 0.2) is 17.9 Å². The number of fused-ring (bicyclic) bond motifs is 3. The van der Waals surface area contributed by atoms with Crippen molar-refractivity contribution in [3.05, 3.63) is 35.9 Å². The zero-order valence-corrected chi connectivity index (χ0v) is 31.4. The number of benzene rings is 1. The Morgan fingerprint density at radius 2 is 1.09 bits per heavy atom. The summed E-state index contributed by atoms with van der Waals surface area (Å²) in [5, 5.41) is 0. The third-order valence-electron chi connectivity index (χ3n) is 8.40. The molecular formula is C29H29BrF17O9P. The molecule has 3 aliphatic rings. The van der Waals surface area contributed by atoms with E-state index in [0.717, 1.165) is 0 Å². The molecule has 1 aromatic carbocycles. The highest BCUT2D eigenvalue weighted by Gasteiger charge is 2.95. The molecule has 0 bridgehead atoms. The van der Waals surface area contributed by atoms with Crippen LogP contribution < -0.4 is 0 Å². The monoisotopic (exact) mass is 954 g/mol. The van der Waals surface area contributed by atoms with Gasteiger partial charge in [-0.05, 0) is 33.3 Å². The molecule has 3 fully saturated rings. The lowest BCUT2D eigenvalue weighted by atomic mass is 9.88. The first-order chi connectivity index (χ1) is 25.4. The van der Waals surface area contributed by atoms with Crippen LogP contribution in [0.4, 0.5) is 74.6 Å². The van der Waals surface area contributed by atoms with Crippen LogP contribution in [0.1, 0.15) is 33.3 Å². The molecule has 4 rings (SSSR count). The number of hydrogen-bond acceptors (Lipinski definition) is 9. The number of phosphoric ester groups is 1. The normalized spacial score (nSPS) is 27.8. The summed E-state index contributed by atoms with van der Waals surface area (Å²) in [6, 6.07) is 6.92. The molecule has 2 unspecified atom stereocenters. The van der Waals surface area contributed by atoms with Crippen LogP contribution in [-0.2, 0) is 48.4 Å². The summed E-state index contributed by atoms with van der Waals surface area (Å²) in [4.78, 5) is -3.89. The average molecular weight is 955 g/mol. The number of rotatable bonds is 16. The molecule has 0 aromatic heterocycles. The number of hydrogen-bond donors (Lipinski definition) is 0. The Bertz CT molecular complexity index is 1630. The van der Waals surface area contributed by atoms with Crippen LogP contribution in [0.2, 0.25) is 0 Å². The molecule has 3 aliphatic heterocycles. The largest absolute Gasteiger partial charge is 0.475 e. The van der Waals surface area contributed by atoms with Crippen molar-refractivity contribution >= 4 is 23.8 Å². The number of ether oxygens (including phenoxy) is 5. The third-order valence-corrected chi connectivity index (χ3v) is 10.6. The maximum atomic E-state index is 14.9. The maximum Gasteiger partial charge on any atom is 0.475 e. The molecule has 0 amide bonds. The van der Waals surface area contributed by atoms with E-state index in [9.17, 15) is 79.2 Å². The lowest BCUT2D eigenvalue weighted by Gasteiger charge is -2.43. The molecule has 28 heteroatoms. The predicted octanol–water partition coefficient (Wildman–Crippen LogP) is 9.51. The van der Waals surface area contributed by atoms with Gasteiger partial charge in [0, 0.05) is 0 Å². The fourth-order valence-electron chi connectivity index (χ4n) is 5.47. The van der Waals surface area contributed by atoms with Gasteiger partial charge in [0.1, 0.15) is 29.2 Å². The first-order valence-electron chi connectivity index (χ1n) is 15.7. The third kappa shape index (κ3) is 8.40. The van der Waals surface area contributed by atoms with Crippen LogP contribution in [0.5, 0.6) is 0 Å². The number of alkyl halides is 18. The molecule has 1 aromatic rings. The SMILES string of the molecule is CC1(C)O[C@H]2[C@@H](O1)[C@@H](COP(=O)(OCc1ccccc1)OCC(Br)C(F)(F)C(F)(F)C(F)(F)C(F)(F)C(F)(F)C(F)(F)C(F)(F)C(F)(F)F)O[C@@H]1OC(C)(C)O[C@@H]12. The van der Waals surface area contributed by atoms with Crippen molar-refractivity contribution in [3.63, 3.8) is 0 Å². The lowest BCUT2D eigenvalue weighted by Crippen LogP contribution is -2.75. The lowest BCUT2D eigenvalue weighted by molar-refractivity contribution is -0.461. The molecule has 0 radical (unpaired) electrons. The summed E-state index contributed by atoms with van der Waals surface area (Å²) in [6.45, 7) is 1.78. The summed E-state index contributed by atoms with van der Waals surface area (Å²) < 4.78 is 292. The fraction of sp³-hybridized carbons (Fsp3) is 0.793. The Morgan fingerprint density at radius 3 is 1.61 bits per heavy atom. The van der Waals surface area contributed by atoms with Crippen LogP contribution in [0, 0.1) is 0 Å². The maximum absolute atomic E-state index is 14.9. The first-order valence-corrected chi connectivity index (χ1v) is 18.1. The van der Waals surface area contributed by atoms with E-state index in [1.165, 1.54) is 58.0 Å². The smallest absolute Gasteiger partial charge is 0.342 e. The molecule has 0 spiro atoms. The Balaban J connectivity index is 1.59. The quantitative estimate of drug-likeness (QED) is 0.0914. The van der Waals surface area contributed by atoms with Gasteiger partial charge in [0.05, 0.1) is 19.8 Å². The second kappa shape index (κ2) is 15.1. The van der Waals surface area contributed by atoms with E-state index in [-0.39, 0.29) is 5.56 Å². The van der Waals surface area contributed by atoms with E-state index in [1.807, 2.05) is 0 Å². The number of phosphoric acid groups is 1. The van der Waals surface area contributed by atoms with E-state index in [0.29, 0.717) is 0 Å².